The van der Waals surface area contributed by atoms with Crippen molar-refractivity contribution in [2.24, 2.45) is 0 Å². The van der Waals surface area contributed by atoms with Gasteiger partial charge in [-0.3, -0.25) is 0 Å². The van der Waals surface area contributed by atoms with Gasteiger partial charge in [0.2, 0.25) is 6.29 Å². The molecule has 2 heteroatoms. The Bertz CT molecular complexity index is 182. The molecular weight excluding hydrogens is 128 g/mol. The maximum atomic E-state index is 10.4. The lowest BCUT2D eigenvalue weighted by molar-refractivity contribution is -0.0344. The molecule has 52 valence electrons. The summed E-state index contributed by atoms with van der Waals surface area (Å²) in [6.07, 6.45) is -1.23. The van der Waals surface area contributed by atoms with Crippen LogP contribution in [0, 0.1) is 6.92 Å². The molecule has 1 unspecified atom stereocenters. The molecule has 0 aliphatic carbocycles. The quantitative estimate of drug-likeness (QED) is 0.568. The van der Waals surface area contributed by atoms with Gasteiger partial charge in [-0.05, 0) is 12.1 Å². The van der Waals surface area contributed by atoms with Crippen LogP contribution >= 0.6 is 0 Å². The highest BCUT2D eigenvalue weighted by atomic mass is 16.6. The summed E-state index contributed by atoms with van der Waals surface area (Å²) in [5.74, 6) is 0.567. The van der Waals surface area contributed by atoms with Crippen LogP contribution in [0.5, 0.6) is 5.75 Å². The Morgan fingerprint density at radius 1 is 1.30 bits per heavy atom. The van der Waals surface area contributed by atoms with Gasteiger partial charge in [0, 0.05) is 6.92 Å². The Labute approximate surface area is 60.1 Å². The van der Waals surface area contributed by atoms with Crippen molar-refractivity contribution in [3.05, 3.63) is 37.3 Å². The van der Waals surface area contributed by atoms with Crippen molar-refractivity contribution in [2.45, 2.75) is 6.29 Å². The maximum Gasteiger partial charge on any atom is 0.231 e. The van der Waals surface area contributed by atoms with Crippen LogP contribution in [0.3, 0.4) is 0 Å². The van der Waals surface area contributed by atoms with Crippen molar-refractivity contribution in [2.75, 3.05) is 0 Å². The lowest BCUT2D eigenvalue weighted by Crippen LogP contribution is -2.07. The van der Waals surface area contributed by atoms with Crippen LogP contribution in [-0.4, -0.2) is 6.29 Å². The predicted octanol–water partition coefficient (Wildman–Crippen LogP) is 1.66. The van der Waals surface area contributed by atoms with Gasteiger partial charge >= 0.3 is 0 Å². The van der Waals surface area contributed by atoms with Gasteiger partial charge in [-0.15, -0.1) is 0 Å². The molecule has 0 aromatic heterocycles. The second-order valence-electron chi connectivity index (χ2n) is 1.86. The minimum atomic E-state index is -1.23. The molecule has 1 aromatic rings. The van der Waals surface area contributed by atoms with Crippen molar-refractivity contribution in [3.63, 3.8) is 0 Å². The Kier molecular flexibility index (Phi) is 2.29. The van der Waals surface area contributed by atoms with Crippen LogP contribution in [0.1, 0.15) is 0 Å². The van der Waals surface area contributed by atoms with Gasteiger partial charge in [0.15, 0.2) is 0 Å². The summed E-state index contributed by atoms with van der Waals surface area (Å²) in [5, 5.41) is 10.4. The fourth-order valence-corrected chi connectivity index (χ4v) is 0.651. The summed E-state index contributed by atoms with van der Waals surface area (Å²) in [6.45, 7) is 3.16. The van der Waals surface area contributed by atoms with E-state index in [-0.39, 0.29) is 0 Å². The Balaban J connectivity index is 2.59. The van der Waals surface area contributed by atoms with E-state index in [1.54, 1.807) is 24.3 Å². The molecule has 0 spiro atoms. The molecule has 1 aromatic carbocycles. The molecule has 2 radical (unpaired) electrons. The molecule has 0 aliphatic rings. The van der Waals surface area contributed by atoms with E-state index in [1.807, 2.05) is 6.07 Å². The van der Waals surface area contributed by atoms with Crippen LogP contribution in [-0.2, 0) is 5.11 Å². The minimum Gasteiger partial charge on any atom is -0.462 e. The first kappa shape index (κ1) is 7.09. The number of benzene rings is 1. The number of ether oxygens (including phenoxy) is 1. The van der Waals surface area contributed by atoms with E-state index < -0.39 is 6.29 Å². The zero-order valence-corrected chi connectivity index (χ0v) is 5.49. The van der Waals surface area contributed by atoms with Crippen LogP contribution in [0.25, 0.3) is 0 Å². The normalized spacial score (nSPS) is 12.6. The fraction of sp³-hybridized carbons (Fsp3) is 0.125. The van der Waals surface area contributed by atoms with Gasteiger partial charge in [-0.2, -0.15) is 5.11 Å². The Morgan fingerprint density at radius 3 is 2.40 bits per heavy atom. The zero-order chi connectivity index (χ0) is 7.40. The van der Waals surface area contributed by atoms with Gasteiger partial charge in [0.25, 0.3) is 0 Å². The van der Waals surface area contributed by atoms with Crippen LogP contribution in [0.4, 0.5) is 0 Å². The lowest BCUT2D eigenvalue weighted by atomic mass is 10.3. The van der Waals surface area contributed by atoms with Crippen molar-refractivity contribution in [1.29, 1.82) is 0 Å². The second-order valence-corrected chi connectivity index (χ2v) is 1.86. The summed E-state index contributed by atoms with van der Waals surface area (Å²) in [7, 11) is 0. The fourth-order valence-electron chi connectivity index (χ4n) is 0.651. The van der Waals surface area contributed by atoms with Crippen LogP contribution < -0.4 is 4.74 Å². The number of hydrogen-bond donors (Lipinski definition) is 0. The van der Waals surface area contributed by atoms with Gasteiger partial charge in [-0.25, -0.2) is 0 Å². The topological polar surface area (TPSA) is 29.1 Å². The predicted molar refractivity (Wildman–Crippen MR) is 36.9 cm³/mol. The van der Waals surface area contributed by atoms with E-state index in [4.69, 9.17) is 4.74 Å². The molecular formula is C8H8O2. The standard InChI is InChI=1S/C8H8O2/c1-7(9)10-8-5-3-2-4-6-8/h2-7H,1H2. The highest BCUT2D eigenvalue weighted by Gasteiger charge is 1.96. The molecule has 0 N–H and O–H groups in total. The highest BCUT2D eigenvalue weighted by molar-refractivity contribution is 5.20. The third-order valence-corrected chi connectivity index (χ3v) is 1.01. The first-order valence-corrected chi connectivity index (χ1v) is 2.99. The van der Waals surface area contributed by atoms with E-state index in [2.05, 4.69) is 6.92 Å². The summed E-state index contributed by atoms with van der Waals surface area (Å²) >= 11 is 0. The van der Waals surface area contributed by atoms with E-state index >= 15 is 0 Å². The minimum absolute atomic E-state index is 0.567. The smallest absolute Gasteiger partial charge is 0.231 e. The van der Waals surface area contributed by atoms with E-state index in [1.165, 1.54) is 0 Å². The third kappa shape index (κ3) is 2.07. The zero-order valence-electron chi connectivity index (χ0n) is 5.49. The number of hydrogen-bond acceptors (Lipinski definition) is 1. The highest BCUT2D eigenvalue weighted by Crippen LogP contribution is 2.09. The van der Waals surface area contributed by atoms with Crippen molar-refractivity contribution >= 4 is 0 Å². The van der Waals surface area contributed by atoms with E-state index in [9.17, 15) is 5.11 Å². The van der Waals surface area contributed by atoms with E-state index in [0.717, 1.165) is 0 Å². The Hall–Kier alpha value is -1.02. The van der Waals surface area contributed by atoms with E-state index in [0.29, 0.717) is 5.75 Å². The monoisotopic (exact) mass is 136 g/mol. The Morgan fingerprint density at radius 2 is 1.90 bits per heavy atom. The summed E-state index contributed by atoms with van der Waals surface area (Å²) < 4.78 is 4.75. The first-order chi connectivity index (χ1) is 4.79. The first-order valence-electron chi connectivity index (χ1n) is 2.99. The third-order valence-electron chi connectivity index (χ3n) is 1.01. The molecule has 0 fully saturated rings. The van der Waals surface area contributed by atoms with Gasteiger partial charge in [-0.1, -0.05) is 18.2 Å². The molecule has 0 heterocycles. The molecule has 0 aliphatic heterocycles. The molecule has 10 heavy (non-hydrogen) atoms. The second kappa shape index (κ2) is 3.22. The molecule has 0 amide bonds. The summed E-state index contributed by atoms with van der Waals surface area (Å²) in [5.41, 5.74) is 0. The largest absolute Gasteiger partial charge is 0.462 e. The summed E-state index contributed by atoms with van der Waals surface area (Å²) in [4.78, 5) is 0. The molecule has 0 saturated carbocycles. The molecule has 1 rings (SSSR count). The lowest BCUT2D eigenvalue weighted by Gasteiger charge is -2.04. The number of para-hydroxylation sites is 1. The molecule has 1 atom stereocenters. The molecule has 0 saturated heterocycles. The van der Waals surface area contributed by atoms with Crippen LogP contribution in [0.2, 0.25) is 0 Å². The maximum absolute atomic E-state index is 10.4. The average molecular weight is 136 g/mol. The van der Waals surface area contributed by atoms with Crippen molar-refractivity contribution < 1.29 is 9.84 Å². The van der Waals surface area contributed by atoms with Crippen molar-refractivity contribution in [1.82, 2.24) is 0 Å². The average Bonchev–Trinajstić information content (AvgIpc) is 1.88. The summed E-state index contributed by atoms with van der Waals surface area (Å²) in [6, 6.07) is 8.90. The number of rotatable bonds is 2. The van der Waals surface area contributed by atoms with Gasteiger partial charge < -0.3 is 4.74 Å². The van der Waals surface area contributed by atoms with Gasteiger partial charge in [0.05, 0.1) is 0 Å². The van der Waals surface area contributed by atoms with Gasteiger partial charge in [0.1, 0.15) is 5.75 Å². The SMILES string of the molecule is [CH2]C([O])Oc1ccccc1. The van der Waals surface area contributed by atoms with Crippen molar-refractivity contribution in [3.8, 4) is 5.75 Å². The molecule has 2 nitrogen and oxygen atoms in total. The van der Waals surface area contributed by atoms with Crippen LogP contribution in [0.15, 0.2) is 30.3 Å². The molecule has 0 bridgehead atoms.